The van der Waals surface area contributed by atoms with E-state index in [9.17, 15) is 0 Å². The monoisotopic (exact) mass is 269 g/mol. The Kier molecular flexibility index (Phi) is 5.19. The number of hydrogen-bond donors (Lipinski definition) is 1. The van der Waals surface area contributed by atoms with Gasteiger partial charge in [-0.15, -0.1) is 0 Å². The predicted molar refractivity (Wildman–Crippen MR) is 89.2 cm³/mol. The minimum absolute atomic E-state index is 0.450. The van der Waals surface area contributed by atoms with Crippen molar-refractivity contribution in [3.63, 3.8) is 0 Å². The van der Waals surface area contributed by atoms with Gasteiger partial charge in [0.25, 0.3) is 0 Å². The van der Waals surface area contributed by atoms with Crippen LogP contribution in [0.2, 0.25) is 0 Å². The Morgan fingerprint density at radius 2 is 1.80 bits per heavy atom. The van der Waals surface area contributed by atoms with E-state index in [2.05, 4.69) is 69.4 Å². The maximum atomic E-state index is 3.72. The lowest BCUT2D eigenvalue weighted by Crippen LogP contribution is -2.27. The van der Waals surface area contributed by atoms with Crippen LogP contribution in [0.4, 0.5) is 0 Å². The lowest BCUT2D eigenvalue weighted by atomic mass is 9.85. The van der Waals surface area contributed by atoms with Gasteiger partial charge in [-0.3, -0.25) is 0 Å². The smallest absolute Gasteiger partial charge is 0.0354 e. The van der Waals surface area contributed by atoms with Crippen molar-refractivity contribution in [2.24, 2.45) is 5.92 Å². The molecule has 0 heterocycles. The van der Waals surface area contributed by atoms with E-state index in [0.717, 1.165) is 6.54 Å². The highest BCUT2D eigenvalue weighted by atomic mass is 14.9. The maximum absolute atomic E-state index is 3.72. The number of benzene rings is 2. The molecule has 0 aromatic heterocycles. The first kappa shape index (κ1) is 15.1. The van der Waals surface area contributed by atoms with Crippen LogP contribution in [-0.2, 0) is 0 Å². The van der Waals surface area contributed by atoms with Gasteiger partial charge in [0, 0.05) is 6.04 Å². The fourth-order valence-corrected chi connectivity index (χ4v) is 3.25. The molecule has 2 rings (SSSR count). The van der Waals surface area contributed by atoms with Crippen molar-refractivity contribution in [3.8, 4) is 0 Å². The lowest BCUT2D eigenvalue weighted by molar-refractivity contribution is 0.370. The molecule has 2 aromatic carbocycles. The molecule has 0 aliphatic heterocycles. The van der Waals surface area contributed by atoms with Gasteiger partial charge in [-0.05, 0) is 47.7 Å². The summed E-state index contributed by atoms with van der Waals surface area (Å²) in [5.74, 6) is 0.657. The van der Waals surface area contributed by atoms with Crippen molar-refractivity contribution in [2.75, 3.05) is 6.54 Å². The average Bonchev–Trinajstić information content (AvgIpc) is 2.46. The molecule has 1 N–H and O–H groups in total. The van der Waals surface area contributed by atoms with Crippen LogP contribution in [0.15, 0.2) is 36.4 Å². The van der Waals surface area contributed by atoms with Crippen LogP contribution in [0.3, 0.4) is 0 Å². The van der Waals surface area contributed by atoms with E-state index in [1.54, 1.807) is 0 Å². The number of rotatable bonds is 6. The van der Waals surface area contributed by atoms with E-state index in [1.807, 2.05) is 0 Å². The summed E-state index contributed by atoms with van der Waals surface area (Å²) in [6.07, 6.45) is 2.51. The fourth-order valence-electron chi connectivity index (χ4n) is 3.25. The van der Waals surface area contributed by atoms with E-state index in [4.69, 9.17) is 0 Å². The van der Waals surface area contributed by atoms with Crippen molar-refractivity contribution in [1.29, 1.82) is 0 Å². The summed E-state index contributed by atoms with van der Waals surface area (Å²) in [4.78, 5) is 0. The Labute approximate surface area is 123 Å². The van der Waals surface area contributed by atoms with Gasteiger partial charge < -0.3 is 5.32 Å². The van der Waals surface area contributed by atoms with Gasteiger partial charge in [0.05, 0.1) is 0 Å². The van der Waals surface area contributed by atoms with Crippen LogP contribution in [0.25, 0.3) is 10.8 Å². The Morgan fingerprint density at radius 1 is 1.05 bits per heavy atom. The molecule has 0 bridgehead atoms. The third-order valence-electron chi connectivity index (χ3n) is 4.24. The summed E-state index contributed by atoms with van der Waals surface area (Å²) >= 11 is 0. The van der Waals surface area contributed by atoms with Crippen molar-refractivity contribution in [3.05, 3.63) is 47.5 Å². The molecule has 0 amide bonds. The largest absolute Gasteiger partial charge is 0.310 e. The minimum Gasteiger partial charge on any atom is -0.310 e. The van der Waals surface area contributed by atoms with Crippen molar-refractivity contribution in [1.82, 2.24) is 5.32 Å². The standard InChI is InChI=1S/C19H27N/c1-5-9-15(4)19(20-6-2)18-14(3)12-13-16-10-7-8-11-17(16)18/h7-8,10-13,15,19-20H,5-6,9H2,1-4H3. The molecule has 0 saturated carbocycles. The van der Waals surface area contributed by atoms with E-state index in [0.29, 0.717) is 12.0 Å². The summed E-state index contributed by atoms with van der Waals surface area (Å²) in [5.41, 5.74) is 2.89. The third-order valence-corrected chi connectivity index (χ3v) is 4.24. The minimum atomic E-state index is 0.450. The van der Waals surface area contributed by atoms with Gasteiger partial charge >= 0.3 is 0 Å². The lowest BCUT2D eigenvalue weighted by Gasteiger charge is -2.28. The second-order valence-electron chi connectivity index (χ2n) is 5.82. The zero-order valence-corrected chi connectivity index (χ0v) is 13.2. The van der Waals surface area contributed by atoms with Crippen LogP contribution in [0.1, 0.15) is 50.8 Å². The molecule has 0 saturated heterocycles. The van der Waals surface area contributed by atoms with Gasteiger partial charge in [0.2, 0.25) is 0 Å². The topological polar surface area (TPSA) is 12.0 Å². The van der Waals surface area contributed by atoms with Crippen LogP contribution < -0.4 is 5.32 Å². The molecule has 20 heavy (non-hydrogen) atoms. The summed E-state index contributed by atoms with van der Waals surface area (Å²) in [7, 11) is 0. The molecule has 2 aromatic rings. The molecular weight excluding hydrogens is 242 g/mol. The quantitative estimate of drug-likeness (QED) is 0.756. The van der Waals surface area contributed by atoms with E-state index in [1.165, 1.54) is 34.7 Å². The highest BCUT2D eigenvalue weighted by molar-refractivity contribution is 5.87. The van der Waals surface area contributed by atoms with Gasteiger partial charge in [-0.25, -0.2) is 0 Å². The normalized spacial score (nSPS) is 14.4. The second-order valence-corrected chi connectivity index (χ2v) is 5.82. The van der Waals surface area contributed by atoms with Gasteiger partial charge in [0.1, 0.15) is 0 Å². The molecule has 0 radical (unpaired) electrons. The molecule has 0 aliphatic carbocycles. The Balaban J connectivity index is 2.54. The maximum Gasteiger partial charge on any atom is 0.0354 e. The van der Waals surface area contributed by atoms with Crippen LogP contribution >= 0.6 is 0 Å². The van der Waals surface area contributed by atoms with E-state index < -0.39 is 0 Å². The van der Waals surface area contributed by atoms with Gasteiger partial charge in [-0.1, -0.05) is 63.6 Å². The second kappa shape index (κ2) is 6.90. The van der Waals surface area contributed by atoms with Gasteiger partial charge in [-0.2, -0.15) is 0 Å². The summed E-state index contributed by atoms with van der Waals surface area (Å²) in [6.45, 7) is 10.1. The number of hydrogen-bond acceptors (Lipinski definition) is 1. The number of aryl methyl sites for hydroxylation is 1. The number of nitrogens with one attached hydrogen (secondary N) is 1. The third kappa shape index (κ3) is 3.04. The zero-order chi connectivity index (χ0) is 14.5. The van der Waals surface area contributed by atoms with Crippen LogP contribution in [0, 0.1) is 12.8 Å². The summed E-state index contributed by atoms with van der Waals surface area (Å²) in [5, 5.41) is 6.47. The predicted octanol–water partition coefficient (Wildman–Crippen LogP) is 5.24. The van der Waals surface area contributed by atoms with E-state index >= 15 is 0 Å². The summed E-state index contributed by atoms with van der Waals surface area (Å²) < 4.78 is 0. The van der Waals surface area contributed by atoms with Crippen molar-refractivity contribution < 1.29 is 0 Å². The molecule has 2 unspecified atom stereocenters. The Hall–Kier alpha value is -1.34. The molecule has 108 valence electrons. The molecule has 2 atom stereocenters. The first-order chi connectivity index (χ1) is 9.69. The molecule has 0 aliphatic rings. The fraction of sp³-hybridized carbons (Fsp3) is 0.474. The molecule has 0 fully saturated rings. The Bertz CT molecular complexity index is 559. The highest BCUT2D eigenvalue weighted by Gasteiger charge is 2.21. The van der Waals surface area contributed by atoms with Crippen LogP contribution in [0.5, 0.6) is 0 Å². The van der Waals surface area contributed by atoms with E-state index in [-0.39, 0.29) is 0 Å². The van der Waals surface area contributed by atoms with Crippen molar-refractivity contribution in [2.45, 2.75) is 46.6 Å². The first-order valence-electron chi connectivity index (χ1n) is 7.90. The molecular formula is C19H27N. The highest BCUT2D eigenvalue weighted by Crippen LogP contribution is 2.33. The van der Waals surface area contributed by atoms with Gasteiger partial charge in [0.15, 0.2) is 0 Å². The SMILES string of the molecule is CCCC(C)C(NCC)c1c(C)ccc2ccccc12. The Morgan fingerprint density at radius 3 is 2.50 bits per heavy atom. The average molecular weight is 269 g/mol. The van der Waals surface area contributed by atoms with Crippen LogP contribution in [-0.4, -0.2) is 6.54 Å². The van der Waals surface area contributed by atoms with Crippen molar-refractivity contribution >= 4 is 10.8 Å². The zero-order valence-electron chi connectivity index (χ0n) is 13.2. The first-order valence-corrected chi connectivity index (χ1v) is 7.90. The number of fused-ring (bicyclic) bond motifs is 1. The molecule has 1 heteroatoms. The summed E-state index contributed by atoms with van der Waals surface area (Å²) in [6, 6.07) is 13.7. The molecule has 0 spiro atoms. The molecule has 1 nitrogen and oxygen atoms in total.